The second kappa shape index (κ2) is 9.04. The van der Waals surface area contributed by atoms with Gasteiger partial charge >= 0.3 is 0 Å². The molecular weight excluding hydrogens is 386 g/mol. The number of amides is 1. The summed E-state index contributed by atoms with van der Waals surface area (Å²) in [6.07, 6.45) is 0. The number of para-hydroxylation sites is 1. The minimum Gasteiger partial charge on any atom is -0.491 e. The van der Waals surface area contributed by atoms with Gasteiger partial charge < -0.3 is 28.6 Å². The Morgan fingerprint density at radius 1 is 0.967 bits per heavy atom. The van der Waals surface area contributed by atoms with Gasteiger partial charge in [-0.15, -0.1) is 0 Å². The highest BCUT2D eigenvalue weighted by Gasteiger charge is 2.56. The number of carbonyl (C=O) groups is 1. The first kappa shape index (κ1) is 20.7. The van der Waals surface area contributed by atoms with Gasteiger partial charge in [-0.1, -0.05) is 18.2 Å². The van der Waals surface area contributed by atoms with Gasteiger partial charge in [0.1, 0.15) is 30.1 Å². The summed E-state index contributed by atoms with van der Waals surface area (Å²) in [5, 5.41) is 0. The van der Waals surface area contributed by atoms with Crippen molar-refractivity contribution in [1.29, 1.82) is 0 Å². The third kappa shape index (κ3) is 3.53. The van der Waals surface area contributed by atoms with Gasteiger partial charge in [0, 0.05) is 32.0 Å². The molecule has 0 saturated carbocycles. The molecule has 1 unspecified atom stereocenters. The molecular formula is C23H27NO6. The number of hydrogen-bond acceptors (Lipinski definition) is 6. The van der Waals surface area contributed by atoms with Crippen LogP contribution < -0.4 is 14.4 Å². The maximum Gasteiger partial charge on any atom is 0.245 e. The zero-order chi connectivity index (χ0) is 21.0. The Hall–Kier alpha value is -2.61. The summed E-state index contributed by atoms with van der Waals surface area (Å²) in [5.41, 5.74) is 1.84. The molecule has 0 saturated heterocycles. The second-order valence-electron chi connectivity index (χ2n) is 7.27. The summed E-state index contributed by atoms with van der Waals surface area (Å²) >= 11 is 0. The first-order valence-corrected chi connectivity index (χ1v) is 10.1. The van der Waals surface area contributed by atoms with Crippen LogP contribution in [0.15, 0.2) is 42.5 Å². The summed E-state index contributed by atoms with van der Waals surface area (Å²) in [6.45, 7) is 3.16. The maximum atomic E-state index is 13.7. The monoisotopic (exact) mass is 413 g/mol. The summed E-state index contributed by atoms with van der Waals surface area (Å²) in [7, 11) is 3.27. The molecule has 7 nitrogen and oxygen atoms in total. The molecule has 0 aromatic heterocycles. The van der Waals surface area contributed by atoms with Gasteiger partial charge in [0.05, 0.1) is 26.4 Å². The smallest absolute Gasteiger partial charge is 0.245 e. The van der Waals surface area contributed by atoms with E-state index in [4.69, 9.17) is 23.7 Å². The SMILES string of the molecule is COCCOCCN1C(=O)C2(COc3ccc(OCCOC)cc32)c2ccccc21. The first-order chi connectivity index (χ1) is 14.7. The Morgan fingerprint density at radius 3 is 2.60 bits per heavy atom. The summed E-state index contributed by atoms with van der Waals surface area (Å²) in [6, 6.07) is 13.6. The van der Waals surface area contributed by atoms with Crippen molar-refractivity contribution in [3.8, 4) is 11.5 Å². The van der Waals surface area contributed by atoms with Crippen molar-refractivity contribution in [2.75, 3.05) is 65.3 Å². The largest absolute Gasteiger partial charge is 0.491 e. The van der Waals surface area contributed by atoms with Crippen LogP contribution in [0.5, 0.6) is 11.5 Å². The number of benzene rings is 2. The van der Waals surface area contributed by atoms with Crippen molar-refractivity contribution in [2.45, 2.75) is 5.41 Å². The van der Waals surface area contributed by atoms with Gasteiger partial charge in [-0.3, -0.25) is 4.79 Å². The second-order valence-corrected chi connectivity index (χ2v) is 7.27. The number of carbonyl (C=O) groups excluding carboxylic acids is 1. The van der Waals surface area contributed by atoms with Crippen LogP contribution in [0.1, 0.15) is 11.1 Å². The number of ether oxygens (including phenoxy) is 5. The van der Waals surface area contributed by atoms with Crippen LogP contribution in [0, 0.1) is 0 Å². The van der Waals surface area contributed by atoms with Crippen LogP contribution in [-0.2, 0) is 24.4 Å². The molecule has 160 valence electrons. The number of methoxy groups -OCH3 is 2. The number of hydrogen-bond donors (Lipinski definition) is 0. The average molecular weight is 413 g/mol. The predicted molar refractivity (Wildman–Crippen MR) is 112 cm³/mol. The summed E-state index contributed by atoms with van der Waals surface area (Å²) < 4.78 is 27.4. The molecule has 1 spiro atoms. The van der Waals surface area contributed by atoms with E-state index in [1.54, 1.807) is 19.1 Å². The zero-order valence-corrected chi connectivity index (χ0v) is 17.4. The predicted octanol–water partition coefficient (Wildman–Crippen LogP) is 2.40. The summed E-state index contributed by atoms with van der Waals surface area (Å²) in [5.74, 6) is 1.42. The average Bonchev–Trinajstić information content (AvgIpc) is 3.26. The Bertz CT molecular complexity index is 901. The van der Waals surface area contributed by atoms with Gasteiger partial charge in [0.2, 0.25) is 5.91 Å². The van der Waals surface area contributed by atoms with Crippen LogP contribution in [0.3, 0.4) is 0 Å². The lowest BCUT2D eigenvalue weighted by molar-refractivity contribution is -0.122. The normalized spacial score (nSPS) is 19.1. The Kier molecular flexibility index (Phi) is 6.22. The van der Waals surface area contributed by atoms with E-state index in [1.165, 1.54) is 0 Å². The standard InChI is InChI=1S/C23H27NO6/c1-26-11-13-28-10-9-24-20-6-4-3-5-18(20)23(22(24)25)16-30-21-8-7-17(15-19(21)23)29-14-12-27-2/h3-8,15H,9-14,16H2,1-2H3. The lowest BCUT2D eigenvalue weighted by Gasteiger charge is -2.23. The molecule has 30 heavy (non-hydrogen) atoms. The van der Waals surface area contributed by atoms with E-state index in [0.717, 1.165) is 22.6 Å². The topological polar surface area (TPSA) is 66.5 Å². The van der Waals surface area contributed by atoms with E-state index in [1.807, 2.05) is 42.5 Å². The maximum absolute atomic E-state index is 13.7. The third-order valence-corrected chi connectivity index (χ3v) is 5.57. The quantitative estimate of drug-likeness (QED) is 0.558. The van der Waals surface area contributed by atoms with Crippen molar-refractivity contribution in [2.24, 2.45) is 0 Å². The lowest BCUT2D eigenvalue weighted by atomic mass is 9.77. The van der Waals surface area contributed by atoms with Gasteiger partial charge in [-0.05, 0) is 29.8 Å². The molecule has 4 rings (SSSR count). The van der Waals surface area contributed by atoms with Crippen LogP contribution in [0.2, 0.25) is 0 Å². The minimum atomic E-state index is -0.862. The fraction of sp³-hybridized carbons (Fsp3) is 0.435. The van der Waals surface area contributed by atoms with Crippen LogP contribution >= 0.6 is 0 Å². The van der Waals surface area contributed by atoms with E-state index in [-0.39, 0.29) is 12.5 Å². The van der Waals surface area contributed by atoms with Crippen LogP contribution in [-0.4, -0.2) is 66.3 Å². The van der Waals surface area contributed by atoms with Gasteiger partial charge in [-0.25, -0.2) is 0 Å². The molecule has 2 aliphatic heterocycles. The van der Waals surface area contributed by atoms with E-state index >= 15 is 0 Å². The minimum absolute atomic E-state index is 0.00633. The van der Waals surface area contributed by atoms with Crippen molar-refractivity contribution < 1.29 is 28.5 Å². The fourth-order valence-electron chi connectivity index (χ4n) is 4.11. The van der Waals surface area contributed by atoms with Gasteiger partial charge in [0.25, 0.3) is 0 Å². The van der Waals surface area contributed by atoms with Crippen molar-refractivity contribution in [3.05, 3.63) is 53.6 Å². The fourth-order valence-corrected chi connectivity index (χ4v) is 4.11. The van der Waals surface area contributed by atoms with E-state index in [0.29, 0.717) is 45.3 Å². The number of anilines is 1. The highest BCUT2D eigenvalue weighted by atomic mass is 16.5. The number of fused-ring (bicyclic) bond motifs is 4. The zero-order valence-electron chi connectivity index (χ0n) is 17.4. The molecule has 2 heterocycles. The Labute approximate surface area is 176 Å². The highest BCUT2D eigenvalue weighted by Crippen LogP contribution is 2.52. The molecule has 1 amide bonds. The molecule has 2 aliphatic rings. The molecule has 0 radical (unpaired) electrons. The number of nitrogens with zero attached hydrogens (tertiary/aromatic N) is 1. The van der Waals surface area contributed by atoms with Gasteiger partial charge in [0.15, 0.2) is 0 Å². The molecule has 2 aromatic rings. The van der Waals surface area contributed by atoms with E-state index < -0.39 is 5.41 Å². The van der Waals surface area contributed by atoms with Crippen LogP contribution in [0.25, 0.3) is 0 Å². The molecule has 1 atom stereocenters. The molecule has 2 aromatic carbocycles. The summed E-state index contributed by atoms with van der Waals surface area (Å²) in [4.78, 5) is 15.6. The number of rotatable bonds is 10. The molecule has 7 heteroatoms. The van der Waals surface area contributed by atoms with Crippen molar-refractivity contribution in [1.82, 2.24) is 0 Å². The molecule has 0 bridgehead atoms. The molecule has 0 aliphatic carbocycles. The van der Waals surface area contributed by atoms with Crippen molar-refractivity contribution in [3.63, 3.8) is 0 Å². The highest BCUT2D eigenvalue weighted by molar-refractivity contribution is 6.11. The van der Waals surface area contributed by atoms with E-state index in [9.17, 15) is 4.79 Å². The Balaban J connectivity index is 1.63. The Morgan fingerprint density at radius 2 is 1.77 bits per heavy atom. The van der Waals surface area contributed by atoms with Crippen LogP contribution in [0.4, 0.5) is 5.69 Å². The lowest BCUT2D eigenvalue weighted by Crippen LogP contribution is -2.43. The van der Waals surface area contributed by atoms with Gasteiger partial charge in [-0.2, -0.15) is 0 Å². The third-order valence-electron chi connectivity index (χ3n) is 5.57. The van der Waals surface area contributed by atoms with Crippen molar-refractivity contribution >= 4 is 11.6 Å². The van der Waals surface area contributed by atoms with E-state index in [2.05, 4.69) is 0 Å². The molecule has 0 fully saturated rings. The first-order valence-electron chi connectivity index (χ1n) is 10.1. The molecule has 0 N–H and O–H groups in total.